The van der Waals surface area contributed by atoms with Crippen LogP contribution in [0.4, 0.5) is 13.2 Å². The van der Waals surface area contributed by atoms with E-state index in [1.807, 2.05) is 0 Å². The summed E-state index contributed by atoms with van der Waals surface area (Å²) >= 11 is 0. The van der Waals surface area contributed by atoms with Gasteiger partial charge >= 0.3 is 16.3 Å². The summed E-state index contributed by atoms with van der Waals surface area (Å²) in [4.78, 5) is 11.4. The van der Waals surface area contributed by atoms with Crippen LogP contribution in [0.2, 0.25) is 0 Å². The van der Waals surface area contributed by atoms with E-state index in [4.69, 9.17) is 4.18 Å². The van der Waals surface area contributed by atoms with Crippen LogP contribution >= 0.6 is 0 Å². The Hall–Kier alpha value is -3.13. The summed E-state index contributed by atoms with van der Waals surface area (Å²) in [6, 6.07) is 17.3. The fraction of sp³-hybridized carbons (Fsp3) is 0.0500. The number of alkyl halides is 3. The van der Waals surface area contributed by atoms with Crippen molar-refractivity contribution in [1.29, 1.82) is 0 Å². The van der Waals surface area contributed by atoms with Crippen LogP contribution in [0, 0.1) is 0 Å². The Labute approximate surface area is 159 Å². The van der Waals surface area contributed by atoms with Crippen molar-refractivity contribution >= 4 is 15.9 Å². The van der Waals surface area contributed by atoms with Gasteiger partial charge in [0.15, 0.2) is 5.78 Å². The van der Waals surface area contributed by atoms with Gasteiger partial charge in [-0.15, -0.1) is 0 Å². The molecule has 0 aromatic heterocycles. The summed E-state index contributed by atoms with van der Waals surface area (Å²) in [5, 5.41) is 0. The molecule has 0 saturated carbocycles. The van der Waals surface area contributed by atoms with Gasteiger partial charge in [0.05, 0.1) is 5.56 Å². The summed E-state index contributed by atoms with van der Waals surface area (Å²) < 4.78 is 68.7. The quantitative estimate of drug-likeness (QED) is 0.455. The van der Waals surface area contributed by atoms with E-state index in [-0.39, 0.29) is 17.1 Å². The van der Waals surface area contributed by atoms with Crippen molar-refractivity contribution in [3.05, 3.63) is 95.6 Å². The van der Waals surface area contributed by atoms with Crippen molar-refractivity contribution in [3.8, 4) is 5.75 Å². The van der Waals surface area contributed by atoms with Crippen LogP contribution in [0.25, 0.3) is 0 Å². The maximum Gasteiger partial charge on any atom is 0.417 e. The monoisotopic (exact) mass is 406 g/mol. The summed E-state index contributed by atoms with van der Waals surface area (Å²) in [5.41, 5.74) is -0.583. The minimum absolute atomic E-state index is 0.207. The van der Waals surface area contributed by atoms with Crippen LogP contribution in [-0.4, -0.2) is 14.2 Å². The van der Waals surface area contributed by atoms with Crippen LogP contribution in [0.15, 0.2) is 83.8 Å². The first kappa shape index (κ1) is 19.6. The largest absolute Gasteiger partial charge is 0.417 e. The Morgan fingerprint density at radius 2 is 1.29 bits per heavy atom. The van der Waals surface area contributed by atoms with Crippen molar-refractivity contribution in [1.82, 2.24) is 0 Å². The van der Waals surface area contributed by atoms with Gasteiger partial charge in [-0.2, -0.15) is 21.6 Å². The van der Waals surface area contributed by atoms with Crippen LogP contribution < -0.4 is 4.18 Å². The van der Waals surface area contributed by atoms with Gasteiger partial charge in [0, 0.05) is 11.1 Å². The highest BCUT2D eigenvalue weighted by atomic mass is 32.2. The molecule has 0 aliphatic rings. The highest BCUT2D eigenvalue weighted by molar-refractivity contribution is 7.87. The van der Waals surface area contributed by atoms with Gasteiger partial charge in [-0.25, -0.2) is 0 Å². The van der Waals surface area contributed by atoms with E-state index in [1.165, 1.54) is 30.3 Å². The first-order valence-electron chi connectivity index (χ1n) is 7.99. The molecule has 3 aromatic rings. The summed E-state index contributed by atoms with van der Waals surface area (Å²) in [7, 11) is -4.72. The number of carbonyl (C=O) groups excluding carboxylic acids is 1. The highest BCUT2D eigenvalue weighted by Crippen LogP contribution is 2.35. The van der Waals surface area contributed by atoms with Crippen LogP contribution in [0.5, 0.6) is 5.75 Å². The van der Waals surface area contributed by atoms with Crippen molar-refractivity contribution in [2.24, 2.45) is 0 Å². The second kappa shape index (κ2) is 7.47. The van der Waals surface area contributed by atoms with Gasteiger partial charge in [-0.3, -0.25) is 4.79 Å². The van der Waals surface area contributed by atoms with Gasteiger partial charge < -0.3 is 4.18 Å². The zero-order chi connectivity index (χ0) is 20.4. The second-order valence-corrected chi connectivity index (χ2v) is 7.27. The fourth-order valence-electron chi connectivity index (χ4n) is 2.51. The second-order valence-electron chi connectivity index (χ2n) is 5.75. The molecule has 0 fully saturated rings. The molecule has 0 radical (unpaired) electrons. The number of ketones is 1. The molecule has 0 bridgehead atoms. The molecular weight excluding hydrogens is 393 g/mol. The number of hydrogen-bond acceptors (Lipinski definition) is 4. The maximum atomic E-state index is 13.1. The van der Waals surface area contributed by atoms with E-state index in [0.29, 0.717) is 11.6 Å². The molecule has 8 heteroatoms. The third-order valence-electron chi connectivity index (χ3n) is 3.82. The Bertz CT molecular complexity index is 1090. The van der Waals surface area contributed by atoms with E-state index < -0.39 is 26.8 Å². The lowest BCUT2D eigenvalue weighted by molar-refractivity contribution is -0.139. The normalized spacial score (nSPS) is 11.8. The number of hydrogen-bond donors (Lipinski definition) is 0. The van der Waals surface area contributed by atoms with Crippen LogP contribution in [0.1, 0.15) is 21.5 Å². The summed E-state index contributed by atoms with van der Waals surface area (Å²) in [6.07, 6.45) is -4.85. The lowest BCUT2D eigenvalue weighted by atomic mass is 10.0. The van der Waals surface area contributed by atoms with E-state index in [9.17, 15) is 26.4 Å². The molecule has 0 heterocycles. The molecule has 0 saturated heterocycles. The lowest BCUT2D eigenvalue weighted by Gasteiger charge is -2.13. The molecule has 0 aliphatic carbocycles. The Morgan fingerprint density at radius 3 is 1.89 bits per heavy atom. The standard InChI is InChI=1S/C20H13F3O4S/c21-20(22,23)17-8-4-5-9-18(17)28(25,26)27-16-12-10-15(11-13-16)19(24)14-6-2-1-3-7-14/h1-13H. The fourth-order valence-corrected chi connectivity index (χ4v) is 3.66. The number of benzene rings is 3. The minimum Gasteiger partial charge on any atom is -0.379 e. The molecule has 0 atom stereocenters. The highest BCUT2D eigenvalue weighted by Gasteiger charge is 2.37. The van der Waals surface area contributed by atoms with E-state index in [2.05, 4.69) is 0 Å². The van der Waals surface area contributed by atoms with E-state index in [1.54, 1.807) is 30.3 Å². The topological polar surface area (TPSA) is 60.4 Å². The zero-order valence-electron chi connectivity index (χ0n) is 14.2. The molecule has 0 N–H and O–H groups in total. The molecule has 4 nitrogen and oxygen atoms in total. The molecular formula is C20H13F3O4S. The predicted octanol–water partition coefficient (Wildman–Crippen LogP) is 4.70. The SMILES string of the molecule is O=C(c1ccccc1)c1ccc(OS(=O)(=O)c2ccccc2C(F)(F)F)cc1. The van der Waals surface area contributed by atoms with Gasteiger partial charge in [-0.1, -0.05) is 42.5 Å². The molecule has 3 aromatic carbocycles. The first-order chi connectivity index (χ1) is 13.2. The van der Waals surface area contributed by atoms with Gasteiger partial charge in [0.1, 0.15) is 10.6 Å². The molecule has 28 heavy (non-hydrogen) atoms. The van der Waals surface area contributed by atoms with Crippen LogP contribution in [-0.2, 0) is 16.3 Å². The average Bonchev–Trinajstić information content (AvgIpc) is 2.68. The van der Waals surface area contributed by atoms with Crippen molar-refractivity contribution in [3.63, 3.8) is 0 Å². The third-order valence-corrected chi connectivity index (χ3v) is 5.13. The smallest absolute Gasteiger partial charge is 0.379 e. The molecule has 0 spiro atoms. The van der Waals surface area contributed by atoms with Gasteiger partial charge in [0.25, 0.3) is 0 Å². The van der Waals surface area contributed by atoms with E-state index in [0.717, 1.165) is 12.1 Å². The number of halogens is 3. The Balaban J connectivity index is 1.86. The third kappa shape index (κ3) is 4.23. The maximum absolute atomic E-state index is 13.1. The van der Waals surface area contributed by atoms with Crippen molar-refractivity contribution in [2.75, 3.05) is 0 Å². The minimum atomic E-state index is -4.85. The molecule has 144 valence electrons. The van der Waals surface area contributed by atoms with E-state index >= 15 is 0 Å². The lowest BCUT2D eigenvalue weighted by Crippen LogP contribution is -2.17. The predicted molar refractivity (Wildman–Crippen MR) is 95.6 cm³/mol. The molecule has 0 aliphatic heterocycles. The number of carbonyl (C=O) groups is 1. The number of rotatable bonds is 5. The molecule has 3 rings (SSSR count). The van der Waals surface area contributed by atoms with Gasteiger partial charge in [-0.05, 0) is 36.4 Å². The van der Waals surface area contributed by atoms with Gasteiger partial charge in [0.2, 0.25) is 0 Å². The van der Waals surface area contributed by atoms with Crippen molar-refractivity contribution in [2.45, 2.75) is 11.1 Å². The Morgan fingerprint density at radius 1 is 0.750 bits per heavy atom. The summed E-state index contributed by atoms with van der Waals surface area (Å²) in [6.45, 7) is 0. The molecule has 0 unspecified atom stereocenters. The van der Waals surface area contributed by atoms with Crippen molar-refractivity contribution < 1.29 is 30.6 Å². The molecule has 0 amide bonds. The average molecular weight is 406 g/mol. The van der Waals surface area contributed by atoms with Crippen LogP contribution in [0.3, 0.4) is 0 Å². The zero-order valence-corrected chi connectivity index (χ0v) is 15.0. The Kier molecular flexibility index (Phi) is 5.24. The first-order valence-corrected chi connectivity index (χ1v) is 9.40. The summed E-state index contributed by atoms with van der Waals surface area (Å²) in [5.74, 6) is -0.487.